The first-order valence-electron chi connectivity index (χ1n) is 5.79. The van der Waals surface area contributed by atoms with E-state index in [1.165, 1.54) is 36.4 Å². The lowest BCUT2D eigenvalue weighted by atomic mass is 10.0. The van der Waals surface area contributed by atoms with Crippen LogP contribution in [0.1, 0.15) is 21.6 Å². The number of hydrogen-bond acceptors (Lipinski definition) is 2. The van der Waals surface area contributed by atoms with Crippen LogP contribution in [0, 0.1) is 0 Å². The van der Waals surface area contributed by atoms with Gasteiger partial charge in [-0.05, 0) is 29.8 Å². The van der Waals surface area contributed by atoms with Crippen molar-refractivity contribution < 1.29 is 19.1 Å². The van der Waals surface area contributed by atoms with Crippen molar-refractivity contribution in [3.8, 4) is 0 Å². The van der Waals surface area contributed by atoms with Gasteiger partial charge in [-0.25, -0.2) is 0 Å². The monoisotopic (exact) mass is 310 g/mol. The third-order valence-corrected chi connectivity index (χ3v) is 4.29. The fraction of sp³-hybridized carbons (Fsp3) is 0.0714. The molecule has 20 heavy (non-hydrogen) atoms. The molecular weight excluding hydrogens is 299 g/mol. The lowest BCUT2D eigenvalue weighted by Gasteiger charge is -2.17. The predicted octanol–water partition coefficient (Wildman–Crippen LogP) is 3.44. The van der Waals surface area contributed by atoms with Gasteiger partial charge in [0.05, 0.1) is 0 Å². The van der Waals surface area contributed by atoms with Crippen molar-refractivity contribution in [2.24, 2.45) is 0 Å². The molecule has 0 amide bonds. The molecule has 4 nitrogen and oxygen atoms in total. The van der Waals surface area contributed by atoms with Gasteiger partial charge in [-0.15, -0.1) is 0 Å². The van der Waals surface area contributed by atoms with Gasteiger partial charge >= 0.3 is 7.60 Å². The first-order valence-corrected chi connectivity index (χ1v) is 7.85. The molecule has 0 fully saturated rings. The van der Waals surface area contributed by atoms with Gasteiger partial charge in [0.2, 0.25) is 0 Å². The van der Waals surface area contributed by atoms with E-state index in [1.807, 2.05) is 0 Å². The second-order valence-corrected chi connectivity index (χ2v) is 6.40. The van der Waals surface area contributed by atoms with Crippen LogP contribution < -0.4 is 0 Å². The lowest BCUT2D eigenvalue weighted by molar-refractivity contribution is 0.0978. The fourth-order valence-corrected chi connectivity index (χ4v) is 3.05. The number of ketones is 1. The predicted molar refractivity (Wildman–Crippen MR) is 77.0 cm³/mol. The summed E-state index contributed by atoms with van der Waals surface area (Å²) in [5.41, 5.74) is -0.989. The molecule has 0 spiro atoms. The molecule has 2 aromatic carbocycles. The summed E-state index contributed by atoms with van der Waals surface area (Å²) in [7, 11) is -4.61. The van der Waals surface area contributed by atoms with E-state index in [2.05, 4.69) is 0 Å². The van der Waals surface area contributed by atoms with Crippen molar-refractivity contribution in [2.45, 2.75) is 5.66 Å². The van der Waals surface area contributed by atoms with Crippen LogP contribution >= 0.6 is 19.2 Å². The van der Waals surface area contributed by atoms with Crippen LogP contribution in [0.5, 0.6) is 0 Å². The molecule has 2 aromatic rings. The smallest absolute Gasteiger partial charge is 0.324 e. The van der Waals surface area contributed by atoms with Gasteiger partial charge in [0, 0.05) is 10.6 Å². The van der Waals surface area contributed by atoms with Crippen molar-refractivity contribution in [1.29, 1.82) is 0 Å². The quantitative estimate of drug-likeness (QED) is 0.670. The largest absolute Gasteiger partial charge is 0.340 e. The molecule has 0 radical (unpaired) electrons. The summed E-state index contributed by atoms with van der Waals surface area (Å²) in [5.74, 6) is -0.624. The van der Waals surface area contributed by atoms with E-state index in [0.29, 0.717) is 10.6 Å². The van der Waals surface area contributed by atoms with Crippen molar-refractivity contribution in [3.05, 3.63) is 70.7 Å². The molecule has 2 N–H and O–H groups in total. The molecule has 0 aliphatic heterocycles. The fourth-order valence-electron chi connectivity index (χ4n) is 1.91. The minimum Gasteiger partial charge on any atom is -0.324 e. The number of carbonyl (C=O) groups excluding carboxylic acids is 1. The molecule has 0 aliphatic carbocycles. The summed E-state index contributed by atoms with van der Waals surface area (Å²) in [6.07, 6.45) is 0. The Morgan fingerprint density at radius 3 is 2.05 bits per heavy atom. The minimum atomic E-state index is -4.61. The highest BCUT2D eigenvalue weighted by Gasteiger charge is 2.37. The Hall–Kier alpha value is -1.45. The van der Waals surface area contributed by atoms with E-state index in [-0.39, 0.29) is 5.56 Å². The highest BCUT2D eigenvalue weighted by Crippen LogP contribution is 2.53. The number of hydrogen-bond donors (Lipinski definition) is 2. The van der Waals surface area contributed by atoms with E-state index in [0.717, 1.165) is 0 Å². The van der Waals surface area contributed by atoms with Gasteiger partial charge in [-0.3, -0.25) is 9.36 Å². The van der Waals surface area contributed by atoms with E-state index < -0.39 is 19.0 Å². The number of rotatable bonds is 4. The zero-order valence-corrected chi connectivity index (χ0v) is 12.0. The highest BCUT2D eigenvalue weighted by molar-refractivity contribution is 7.53. The van der Waals surface area contributed by atoms with Crippen molar-refractivity contribution >= 4 is 25.0 Å². The van der Waals surface area contributed by atoms with E-state index in [1.54, 1.807) is 18.2 Å². The highest BCUT2D eigenvalue weighted by atomic mass is 35.5. The summed E-state index contributed by atoms with van der Waals surface area (Å²) in [6, 6.07) is 14.0. The van der Waals surface area contributed by atoms with Crippen LogP contribution in [0.2, 0.25) is 5.02 Å². The molecular formula is C14H12ClO4P. The van der Waals surface area contributed by atoms with Crippen molar-refractivity contribution in [2.75, 3.05) is 0 Å². The standard InChI is InChI=1S/C14H12ClO4P/c15-12-8-6-10(7-9-12)13(16)14(20(17,18)19)11-4-2-1-3-5-11/h1-9,14H,(H2,17,18,19). The van der Waals surface area contributed by atoms with Crippen LogP contribution in [0.4, 0.5) is 0 Å². The summed E-state index contributed by atoms with van der Waals surface area (Å²) in [5, 5.41) is 0.453. The van der Waals surface area contributed by atoms with E-state index in [9.17, 15) is 19.1 Å². The Morgan fingerprint density at radius 2 is 1.55 bits per heavy atom. The number of halogens is 1. The molecule has 0 aliphatic rings. The molecule has 0 bridgehead atoms. The van der Waals surface area contributed by atoms with Crippen LogP contribution in [0.25, 0.3) is 0 Å². The summed E-state index contributed by atoms with van der Waals surface area (Å²) >= 11 is 5.74. The minimum absolute atomic E-state index is 0.214. The summed E-state index contributed by atoms with van der Waals surface area (Å²) in [4.78, 5) is 31.3. The molecule has 6 heteroatoms. The average molecular weight is 311 g/mol. The van der Waals surface area contributed by atoms with Gasteiger partial charge < -0.3 is 9.79 Å². The van der Waals surface area contributed by atoms with Gasteiger partial charge in [-0.1, -0.05) is 41.9 Å². The molecule has 104 valence electrons. The van der Waals surface area contributed by atoms with Crippen molar-refractivity contribution in [1.82, 2.24) is 0 Å². The van der Waals surface area contributed by atoms with Crippen LogP contribution in [0.3, 0.4) is 0 Å². The zero-order valence-electron chi connectivity index (χ0n) is 10.3. The molecule has 0 saturated heterocycles. The Morgan fingerprint density at radius 1 is 1.00 bits per heavy atom. The second kappa shape index (κ2) is 5.90. The van der Waals surface area contributed by atoms with Crippen molar-refractivity contribution in [3.63, 3.8) is 0 Å². The van der Waals surface area contributed by atoms with Gasteiger partial charge in [-0.2, -0.15) is 0 Å². The topological polar surface area (TPSA) is 74.6 Å². The molecule has 1 atom stereocenters. The molecule has 1 unspecified atom stereocenters. The molecule has 0 saturated carbocycles. The normalized spacial score (nSPS) is 12.9. The van der Waals surface area contributed by atoms with Gasteiger partial charge in [0.1, 0.15) is 5.66 Å². The summed E-state index contributed by atoms with van der Waals surface area (Å²) in [6.45, 7) is 0. The Bertz CT molecular complexity index is 649. The Labute approximate surface area is 121 Å². The Kier molecular flexibility index (Phi) is 4.41. The number of carbonyl (C=O) groups is 1. The Balaban J connectivity index is 2.45. The first-order chi connectivity index (χ1) is 9.39. The third kappa shape index (κ3) is 3.35. The second-order valence-electron chi connectivity index (χ2n) is 4.27. The maximum Gasteiger partial charge on any atom is 0.340 e. The first kappa shape index (κ1) is 14.9. The summed E-state index contributed by atoms with van der Waals surface area (Å²) < 4.78 is 11.7. The van der Waals surface area contributed by atoms with Gasteiger partial charge in [0.15, 0.2) is 5.78 Å². The van der Waals surface area contributed by atoms with Crippen LogP contribution in [-0.2, 0) is 4.57 Å². The molecule has 0 heterocycles. The lowest BCUT2D eigenvalue weighted by Crippen LogP contribution is -2.13. The van der Waals surface area contributed by atoms with Crippen LogP contribution in [-0.4, -0.2) is 15.6 Å². The SMILES string of the molecule is O=C(c1ccc(Cl)cc1)C(c1ccccc1)P(=O)(O)O. The zero-order chi connectivity index (χ0) is 14.8. The van der Waals surface area contributed by atoms with E-state index >= 15 is 0 Å². The maximum absolute atomic E-state index is 12.4. The number of Topliss-reactive ketones (excluding diaryl/α,β-unsaturated/α-hetero) is 1. The average Bonchev–Trinajstić information content (AvgIpc) is 2.39. The third-order valence-electron chi connectivity index (χ3n) is 2.83. The van der Waals surface area contributed by atoms with Gasteiger partial charge in [0.25, 0.3) is 0 Å². The molecule has 2 rings (SSSR count). The van der Waals surface area contributed by atoms with E-state index in [4.69, 9.17) is 11.6 Å². The number of benzene rings is 2. The van der Waals surface area contributed by atoms with Crippen LogP contribution in [0.15, 0.2) is 54.6 Å². The molecule has 0 aromatic heterocycles. The maximum atomic E-state index is 12.4.